The lowest BCUT2D eigenvalue weighted by atomic mass is 9.92. The molecule has 57 heavy (non-hydrogen) atoms. The van der Waals surface area contributed by atoms with Crippen LogP contribution < -0.4 is 0 Å². The Kier molecular flexibility index (Phi) is 7.64. The Hall–Kier alpha value is -7.63. The molecule has 0 aliphatic heterocycles. The largest absolute Gasteiger partial charge is 0.292 e. The Morgan fingerprint density at radius 2 is 0.807 bits per heavy atom. The summed E-state index contributed by atoms with van der Waals surface area (Å²) in [7, 11) is 0. The van der Waals surface area contributed by atoms with Crippen molar-refractivity contribution in [2.24, 2.45) is 0 Å². The van der Waals surface area contributed by atoms with Gasteiger partial charge in [-0.25, -0.2) is 15.0 Å². The molecule has 3 aromatic heterocycles. The fraction of sp³-hybridized carbons (Fsp3) is 0.0192. The zero-order valence-corrected chi connectivity index (χ0v) is 31.2. The maximum atomic E-state index is 5.19. The molecule has 0 saturated heterocycles. The van der Waals surface area contributed by atoms with Gasteiger partial charge in [-0.05, 0) is 107 Å². The van der Waals surface area contributed by atoms with Crippen LogP contribution in [0, 0.1) is 6.92 Å². The molecule has 0 amide bonds. The molecule has 5 heteroatoms. The van der Waals surface area contributed by atoms with Gasteiger partial charge in [0.2, 0.25) is 0 Å². The van der Waals surface area contributed by atoms with Crippen LogP contribution in [0.2, 0.25) is 0 Å². The fourth-order valence-corrected chi connectivity index (χ4v) is 8.09. The summed E-state index contributed by atoms with van der Waals surface area (Å²) in [5, 5.41) is 1.04. The Bertz CT molecular complexity index is 3270. The van der Waals surface area contributed by atoms with E-state index < -0.39 is 0 Å². The van der Waals surface area contributed by atoms with E-state index in [1.807, 2.05) is 30.3 Å². The van der Waals surface area contributed by atoms with E-state index in [1.54, 1.807) is 0 Å². The van der Waals surface area contributed by atoms with E-state index in [2.05, 4.69) is 180 Å². The molecule has 11 aromatic rings. The van der Waals surface area contributed by atoms with E-state index in [-0.39, 0.29) is 0 Å². The van der Waals surface area contributed by atoms with Crippen molar-refractivity contribution in [1.29, 1.82) is 0 Å². The molecule has 5 nitrogen and oxygen atoms in total. The van der Waals surface area contributed by atoms with Crippen molar-refractivity contribution in [1.82, 2.24) is 23.9 Å². The third-order valence-electron chi connectivity index (χ3n) is 11.0. The number of hydrogen-bond acceptors (Lipinski definition) is 3. The van der Waals surface area contributed by atoms with E-state index in [0.29, 0.717) is 0 Å². The summed E-state index contributed by atoms with van der Waals surface area (Å²) in [6.07, 6.45) is 0. The summed E-state index contributed by atoms with van der Waals surface area (Å²) in [6, 6.07) is 68.7. The summed E-state index contributed by atoms with van der Waals surface area (Å²) >= 11 is 0. The van der Waals surface area contributed by atoms with Crippen molar-refractivity contribution < 1.29 is 0 Å². The Morgan fingerprint density at radius 3 is 1.44 bits per heavy atom. The first kappa shape index (κ1) is 32.8. The zero-order valence-electron chi connectivity index (χ0n) is 31.2. The van der Waals surface area contributed by atoms with Crippen molar-refractivity contribution in [3.05, 3.63) is 200 Å². The van der Waals surface area contributed by atoms with E-state index in [0.717, 1.165) is 89.3 Å². The maximum absolute atomic E-state index is 5.19. The fourth-order valence-electron chi connectivity index (χ4n) is 8.09. The van der Waals surface area contributed by atoms with Crippen molar-refractivity contribution in [2.75, 3.05) is 0 Å². The minimum atomic E-state index is 0.874. The summed E-state index contributed by atoms with van der Waals surface area (Å²) in [5.74, 6) is 1.80. The lowest BCUT2D eigenvalue weighted by Crippen LogP contribution is -1.98. The van der Waals surface area contributed by atoms with Crippen LogP contribution in [0.4, 0.5) is 0 Å². The number of fused-ring (bicyclic) bond motifs is 6. The van der Waals surface area contributed by atoms with E-state index in [4.69, 9.17) is 15.0 Å². The molecule has 0 radical (unpaired) electrons. The van der Waals surface area contributed by atoms with Crippen LogP contribution in [-0.4, -0.2) is 23.9 Å². The van der Waals surface area contributed by atoms with Crippen LogP contribution in [0.5, 0.6) is 0 Å². The van der Waals surface area contributed by atoms with E-state index in [1.165, 1.54) is 16.7 Å². The van der Waals surface area contributed by atoms with Crippen LogP contribution >= 0.6 is 0 Å². The highest BCUT2D eigenvalue weighted by atomic mass is 15.1. The molecule has 0 bridgehead atoms. The average molecular weight is 730 g/mol. The highest BCUT2D eigenvalue weighted by Crippen LogP contribution is 2.37. The van der Waals surface area contributed by atoms with Crippen LogP contribution in [0.3, 0.4) is 0 Å². The van der Waals surface area contributed by atoms with Crippen LogP contribution in [0.1, 0.15) is 5.56 Å². The minimum Gasteiger partial charge on any atom is -0.292 e. The number of aromatic nitrogens is 5. The SMILES string of the molecule is Cc1ccc(-c2cc(-c3ccc(-c4nc5ccccc5n4-c4ccccc4)cc3)cc(-c3ccc(-c4nc5ccccc5c5nc6ccccc6n45)cc3)c2)cc1. The molecule has 11 rings (SSSR count). The number of imidazole rings is 2. The molecule has 0 fully saturated rings. The number of benzene rings is 8. The molecule has 3 heterocycles. The highest BCUT2D eigenvalue weighted by molar-refractivity contribution is 5.98. The summed E-state index contributed by atoms with van der Waals surface area (Å²) < 4.78 is 4.44. The monoisotopic (exact) mass is 729 g/mol. The van der Waals surface area contributed by atoms with Gasteiger partial charge in [-0.3, -0.25) is 8.97 Å². The molecule has 0 spiro atoms. The Labute approximate surface area is 329 Å². The predicted octanol–water partition coefficient (Wildman–Crippen LogP) is 13.0. The minimum absolute atomic E-state index is 0.874. The van der Waals surface area contributed by atoms with Gasteiger partial charge in [0.15, 0.2) is 0 Å². The zero-order chi connectivity index (χ0) is 37.9. The average Bonchev–Trinajstić information content (AvgIpc) is 3.87. The second-order valence-corrected chi connectivity index (χ2v) is 14.6. The first-order valence-electron chi connectivity index (χ1n) is 19.3. The topological polar surface area (TPSA) is 48.0 Å². The number of rotatable bonds is 6. The van der Waals surface area contributed by atoms with Gasteiger partial charge < -0.3 is 0 Å². The molecule has 0 aliphatic rings. The van der Waals surface area contributed by atoms with Crippen LogP contribution in [-0.2, 0) is 0 Å². The van der Waals surface area contributed by atoms with Gasteiger partial charge >= 0.3 is 0 Å². The van der Waals surface area contributed by atoms with Gasteiger partial charge in [-0.2, -0.15) is 0 Å². The maximum Gasteiger partial charge on any atom is 0.149 e. The van der Waals surface area contributed by atoms with Gasteiger partial charge in [-0.1, -0.05) is 133 Å². The molecule has 0 N–H and O–H groups in total. The quantitative estimate of drug-likeness (QED) is 0.171. The van der Waals surface area contributed by atoms with Gasteiger partial charge in [0.1, 0.15) is 17.3 Å². The van der Waals surface area contributed by atoms with E-state index in [9.17, 15) is 0 Å². The lowest BCUT2D eigenvalue weighted by Gasteiger charge is -2.13. The summed E-state index contributed by atoms with van der Waals surface area (Å²) in [6.45, 7) is 2.13. The van der Waals surface area contributed by atoms with Crippen molar-refractivity contribution in [3.8, 4) is 61.8 Å². The molecular weight excluding hydrogens is 695 g/mol. The molecule has 0 aliphatic carbocycles. The van der Waals surface area contributed by atoms with Crippen LogP contribution in [0.15, 0.2) is 194 Å². The molecule has 0 unspecified atom stereocenters. The number of para-hydroxylation sites is 6. The second kappa shape index (κ2) is 13.3. The third kappa shape index (κ3) is 5.68. The smallest absolute Gasteiger partial charge is 0.149 e. The van der Waals surface area contributed by atoms with Gasteiger partial charge in [0, 0.05) is 22.2 Å². The first-order chi connectivity index (χ1) is 28.1. The van der Waals surface area contributed by atoms with Crippen LogP contribution in [0.25, 0.3) is 100 Å². The van der Waals surface area contributed by atoms with Gasteiger partial charge in [0.05, 0.1) is 27.6 Å². The van der Waals surface area contributed by atoms with Gasteiger partial charge in [0.25, 0.3) is 0 Å². The van der Waals surface area contributed by atoms with Crippen molar-refractivity contribution in [3.63, 3.8) is 0 Å². The predicted molar refractivity (Wildman–Crippen MR) is 235 cm³/mol. The molecule has 0 saturated carbocycles. The highest BCUT2D eigenvalue weighted by Gasteiger charge is 2.17. The summed E-state index contributed by atoms with van der Waals surface area (Å²) in [4.78, 5) is 15.3. The number of hydrogen-bond donors (Lipinski definition) is 0. The number of aryl methyl sites for hydroxylation is 1. The molecule has 268 valence electrons. The standard InChI is InChI=1S/C52H35N5/c1-34-19-21-35(22-20-34)40-31-41(36-23-27-38(28-24-36)50-54-46-15-7-9-17-48(46)56(50)43-11-3-2-4-12-43)33-42(32-40)37-25-29-39(30-26-37)51-53-45-14-6-5-13-44(45)52-55-47-16-8-10-18-49(47)57(51)52/h2-33H,1H3. The second-order valence-electron chi connectivity index (χ2n) is 14.6. The normalized spacial score (nSPS) is 11.6. The van der Waals surface area contributed by atoms with E-state index >= 15 is 0 Å². The molecule has 8 aromatic carbocycles. The van der Waals surface area contributed by atoms with Crippen molar-refractivity contribution in [2.45, 2.75) is 6.92 Å². The summed E-state index contributed by atoms with van der Waals surface area (Å²) in [5.41, 5.74) is 17.3. The number of nitrogens with zero attached hydrogens (tertiary/aromatic N) is 5. The molecule has 0 atom stereocenters. The first-order valence-corrected chi connectivity index (χ1v) is 19.3. The molecular formula is C52H35N5. The van der Waals surface area contributed by atoms with Crippen molar-refractivity contribution >= 4 is 38.6 Å². The van der Waals surface area contributed by atoms with Gasteiger partial charge in [-0.15, -0.1) is 0 Å². The Morgan fingerprint density at radius 1 is 0.351 bits per heavy atom. The lowest BCUT2D eigenvalue weighted by molar-refractivity contribution is 1.10. The Balaban J connectivity index is 1.01. The third-order valence-corrected chi connectivity index (χ3v) is 11.0.